The molecular weight excluding hydrogens is 509 g/mol. The third kappa shape index (κ3) is 7.30. The lowest BCUT2D eigenvalue weighted by molar-refractivity contribution is -0.137. The van der Waals surface area contributed by atoms with Gasteiger partial charge in [-0.1, -0.05) is 6.07 Å². The molecule has 1 heterocycles. The zero-order valence-electron chi connectivity index (χ0n) is 23.0. The molecule has 0 aliphatic carbocycles. The molecule has 0 spiro atoms. The van der Waals surface area contributed by atoms with Gasteiger partial charge in [0.15, 0.2) is 0 Å². The van der Waals surface area contributed by atoms with Gasteiger partial charge < -0.3 is 20.9 Å². The van der Waals surface area contributed by atoms with E-state index in [9.17, 15) is 18.0 Å². The number of nitrogens with one attached hydrogen (secondary N) is 1. The van der Waals surface area contributed by atoms with Crippen molar-refractivity contribution >= 4 is 28.7 Å². The molecule has 0 radical (unpaired) electrons. The molecule has 0 unspecified atom stereocenters. The number of benzene rings is 2. The number of hydrogen-bond acceptors (Lipinski definition) is 7. The van der Waals surface area contributed by atoms with Crippen LogP contribution in [0.25, 0.3) is 5.70 Å². The molecule has 0 fully saturated rings. The third-order valence-corrected chi connectivity index (χ3v) is 6.40. The Kier molecular flexibility index (Phi) is 8.92. The molecular formula is C27H35F3N8O. The quantitative estimate of drug-likeness (QED) is 0.277. The maximum absolute atomic E-state index is 13.6. The smallest absolute Gasteiger partial charge is 0.397 e. The second kappa shape index (κ2) is 11.8. The van der Waals surface area contributed by atoms with Crippen LogP contribution >= 0.6 is 0 Å². The molecule has 5 N–H and O–H groups in total. The molecule has 9 nitrogen and oxygen atoms in total. The number of alkyl halides is 3. The van der Waals surface area contributed by atoms with Gasteiger partial charge in [-0.3, -0.25) is 14.5 Å². The summed E-state index contributed by atoms with van der Waals surface area (Å²) in [5, 5.41) is 8.08. The number of hydrogen-bond donors (Lipinski definition) is 3. The number of rotatable bonds is 9. The highest BCUT2D eigenvalue weighted by molar-refractivity contribution is 6.05. The third-order valence-electron chi connectivity index (χ3n) is 6.40. The van der Waals surface area contributed by atoms with E-state index in [0.29, 0.717) is 30.2 Å². The Bertz CT molecular complexity index is 1360. The highest BCUT2D eigenvalue weighted by Crippen LogP contribution is 2.34. The summed E-state index contributed by atoms with van der Waals surface area (Å²) in [6.45, 7) is 4.85. The van der Waals surface area contributed by atoms with E-state index in [1.54, 1.807) is 48.1 Å². The Hall–Kier alpha value is -4.03. The fraction of sp³-hybridized carbons (Fsp3) is 0.333. The average Bonchev–Trinajstić information content (AvgIpc) is 3.19. The number of carbonyl (C=O) groups excluding carboxylic acids is 1. The first kappa shape index (κ1) is 29.5. The Balaban J connectivity index is 1.88. The van der Waals surface area contributed by atoms with E-state index in [1.807, 2.05) is 32.8 Å². The monoisotopic (exact) mass is 544 g/mol. The van der Waals surface area contributed by atoms with Gasteiger partial charge in [-0.25, -0.2) is 5.84 Å². The SMILES string of the molecule is Cc1ccc(C(=O)Nc2cc(N(C)CCN(C)C)cc(C(F)(F)F)c2)cc1N(N)/C=C(\N)c1cnn(C)c1C. The van der Waals surface area contributed by atoms with Crippen LogP contribution in [0.1, 0.15) is 32.7 Å². The van der Waals surface area contributed by atoms with Gasteiger partial charge in [-0.15, -0.1) is 0 Å². The minimum absolute atomic E-state index is 0.0319. The highest BCUT2D eigenvalue weighted by Gasteiger charge is 2.32. The fourth-order valence-electron chi connectivity index (χ4n) is 3.85. The number of hydrazine groups is 1. The largest absolute Gasteiger partial charge is 0.416 e. The summed E-state index contributed by atoms with van der Waals surface area (Å²) in [6.07, 6.45) is -1.42. The Labute approximate surface area is 226 Å². The second-order valence-corrected chi connectivity index (χ2v) is 9.71. The van der Waals surface area contributed by atoms with Gasteiger partial charge in [-0.2, -0.15) is 18.3 Å². The van der Waals surface area contributed by atoms with Gasteiger partial charge in [0.25, 0.3) is 5.91 Å². The standard InChI is InChI=1S/C27H35F3N8O/c1-17-7-8-19(11-25(17)38(32)16-24(31)23-15-33-37(6)18(23)2)26(39)34-21-12-20(27(28,29)30)13-22(14-21)36(5)10-9-35(3)4/h7-8,11-16H,9-10,31-32H2,1-6H3,(H,34,39)/b24-16-. The van der Waals surface area contributed by atoms with Crippen molar-refractivity contribution in [1.82, 2.24) is 14.7 Å². The Morgan fingerprint density at radius 1 is 1.10 bits per heavy atom. The lowest BCUT2D eigenvalue weighted by Gasteiger charge is -2.23. The zero-order valence-corrected chi connectivity index (χ0v) is 23.0. The van der Waals surface area contributed by atoms with Crippen molar-refractivity contribution in [2.75, 3.05) is 49.5 Å². The zero-order chi connectivity index (χ0) is 29.1. The summed E-state index contributed by atoms with van der Waals surface area (Å²) in [5.74, 6) is 5.69. The first-order chi connectivity index (χ1) is 18.2. The number of aromatic nitrogens is 2. The first-order valence-corrected chi connectivity index (χ1v) is 12.2. The molecule has 0 bridgehead atoms. The number of nitrogens with two attached hydrogens (primary N) is 2. The van der Waals surface area contributed by atoms with Crippen LogP contribution in [0.2, 0.25) is 0 Å². The molecule has 210 valence electrons. The van der Waals surface area contributed by atoms with Gasteiger partial charge in [0, 0.05) is 61.6 Å². The molecule has 3 rings (SSSR count). The molecule has 0 aliphatic heterocycles. The molecule has 1 aromatic heterocycles. The van der Waals surface area contributed by atoms with E-state index in [-0.39, 0.29) is 11.3 Å². The molecule has 12 heteroatoms. The molecule has 2 aromatic carbocycles. The molecule has 0 atom stereocenters. The van der Waals surface area contributed by atoms with Crippen LogP contribution in [0, 0.1) is 13.8 Å². The average molecular weight is 545 g/mol. The van der Waals surface area contributed by atoms with E-state index >= 15 is 0 Å². The van der Waals surface area contributed by atoms with E-state index in [1.165, 1.54) is 17.3 Å². The number of amides is 1. The minimum atomic E-state index is -4.58. The first-order valence-electron chi connectivity index (χ1n) is 12.2. The molecule has 39 heavy (non-hydrogen) atoms. The van der Waals surface area contributed by atoms with Crippen LogP contribution in [0.3, 0.4) is 0 Å². The number of halogens is 3. The number of carbonyl (C=O) groups is 1. The minimum Gasteiger partial charge on any atom is -0.397 e. The predicted octanol–water partition coefficient (Wildman–Crippen LogP) is 3.94. The number of anilines is 3. The van der Waals surface area contributed by atoms with E-state index < -0.39 is 17.6 Å². The van der Waals surface area contributed by atoms with Crippen LogP contribution in [-0.4, -0.2) is 54.8 Å². The van der Waals surface area contributed by atoms with Crippen molar-refractivity contribution in [3.8, 4) is 0 Å². The van der Waals surface area contributed by atoms with E-state index in [2.05, 4.69) is 10.4 Å². The summed E-state index contributed by atoms with van der Waals surface area (Å²) in [5.41, 5.74) is 9.19. The summed E-state index contributed by atoms with van der Waals surface area (Å²) < 4.78 is 42.6. The van der Waals surface area contributed by atoms with Gasteiger partial charge in [0.1, 0.15) is 0 Å². The Morgan fingerprint density at radius 3 is 2.38 bits per heavy atom. The van der Waals surface area contributed by atoms with Crippen LogP contribution in [0.4, 0.5) is 30.2 Å². The topological polar surface area (TPSA) is 109 Å². The summed E-state index contributed by atoms with van der Waals surface area (Å²) in [4.78, 5) is 16.8. The Morgan fingerprint density at radius 2 is 1.79 bits per heavy atom. The summed E-state index contributed by atoms with van der Waals surface area (Å²) in [7, 11) is 7.27. The van der Waals surface area contributed by atoms with E-state index in [0.717, 1.165) is 29.0 Å². The van der Waals surface area contributed by atoms with Crippen molar-refractivity contribution in [3.05, 3.63) is 76.7 Å². The van der Waals surface area contributed by atoms with Gasteiger partial charge >= 0.3 is 6.18 Å². The normalized spacial score (nSPS) is 12.1. The fourth-order valence-corrected chi connectivity index (χ4v) is 3.85. The number of likely N-dealkylation sites (N-methyl/N-ethyl adjacent to an activating group) is 2. The van der Waals surface area contributed by atoms with Crippen molar-refractivity contribution in [2.24, 2.45) is 18.6 Å². The van der Waals surface area contributed by atoms with Crippen molar-refractivity contribution < 1.29 is 18.0 Å². The molecule has 0 saturated carbocycles. The summed E-state index contributed by atoms with van der Waals surface area (Å²) >= 11 is 0. The number of nitrogens with zero attached hydrogens (tertiary/aromatic N) is 5. The van der Waals surface area contributed by atoms with Gasteiger partial charge in [0.2, 0.25) is 0 Å². The second-order valence-electron chi connectivity index (χ2n) is 9.71. The van der Waals surface area contributed by atoms with E-state index in [4.69, 9.17) is 11.6 Å². The number of aryl methyl sites for hydroxylation is 2. The van der Waals surface area contributed by atoms with Crippen LogP contribution in [0.5, 0.6) is 0 Å². The van der Waals surface area contributed by atoms with Crippen LogP contribution < -0.4 is 26.8 Å². The molecule has 1 amide bonds. The van der Waals surface area contributed by atoms with Crippen molar-refractivity contribution in [2.45, 2.75) is 20.0 Å². The lowest BCUT2D eigenvalue weighted by Crippen LogP contribution is -2.28. The van der Waals surface area contributed by atoms with Crippen molar-refractivity contribution in [3.63, 3.8) is 0 Å². The summed E-state index contributed by atoms with van der Waals surface area (Å²) in [6, 6.07) is 8.36. The molecule has 3 aromatic rings. The molecule has 0 aliphatic rings. The highest BCUT2D eigenvalue weighted by atomic mass is 19.4. The predicted molar refractivity (Wildman–Crippen MR) is 149 cm³/mol. The van der Waals surface area contributed by atoms with Crippen LogP contribution in [-0.2, 0) is 13.2 Å². The molecule has 0 saturated heterocycles. The van der Waals surface area contributed by atoms with Gasteiger partial charge in [-0.05, 0) is 63.8 Å². The maximum Gasteiger partial charge on any atom is 0.416 e. The maximum atomic E-state index is 13.6. The van der Waals surface area contributed by atoms with Crippen molar-refractivity contribution in [1.29, 1.82) is 0 Å². The lowest BCUT2D eigenvalue weighted by atomic mass is 10.1. The van der Waals surface area contributed by atoms with Crippen LogP contribution in [0.15, 0.2) is 48.8 Å². The van der Waals surface area contributed by atoms with Gasteiger partial charge in [0.05, 0.1) is 23.1 Å².